The fourth-order valence-electron chi connectivity index (χ4n) is 2.28. The maximum Gasteiger partial charge on any atom is 0.238 e. The number of rotatable bonds is 5. The Balaban J connectivity index is 2.09. The zero-order chi connectivity index (χ0) is 15.5. The summed E-state index contributed by atoms with van der Waals surface area (Å²) in [6.45, 7) is 1.26. The van der Waals surface area contributed by atoms with Crippen LogP contribution in [0.5, 0.6) is 5.75 Å². The van der Waals surface area contributed by atoms with Gasteiger partial charge in [-0.15, -0.1) is 0 Å². The molecule has 0 unspecified atom stereocenters. The SMILES string of the molecule is NS(=O)(=O)c1ccc(OCC2(CF)CCNCC2)c(Cl)c1. The van der Waals surface area contributed by atoms with E-state index in [4.69, 9.17) is 21.5 Å². The summed E-state index contributed by atoms with van der Waals surface area (Å²) < 4.78 is 41.4. The summed E-state index contributed by atoms with van der Waals surface area (Å²) in [5.74, 6) is 0.329. The minimum Gasteiger partial charge on any atom is -0.491 e. The third kappa shape index (κ3) is 4.06. The quantitative estimate of drug-likeness (QED) is 0.857. The van der Waals surface area contributed by atoms with E-state index in [1.165, 1.54) is 18.2 Å². The summed E-state index contributed by atoms with van der Waals surface area (Å²) >= 11 is 5.99. The first-order valence-corrected chi connectivity index (χ1v) is 8.51. The lowest BCUT2D eigenvalue weighted by Crippen LogP contribution is -2.42. The number of primary sulfonamides is 1. The first-order chi connectivity index (χ1) is 9.86. The highest BCUT2D eigenvalue weighted by Crippen LogP contribution is 2.33. The van der Waals surface area contributed by atoms with Crippen molar-refractivity contribution in [3.8, 4) is 5.75 Å². The number of nitrogens with two attached hydrogens (primary N) is 1. The van der Waals surface area contributed by atoms with E-state index in [0.29, 0.717) is 18.6 Å². The van der Waals surface area contributed by atoms with Crippen LogP contribution in [-0.4, -0.2) is 34.8 Å². The van der Waals surface area contributed by atoms with Crippen molar-refractivity contribution in [3.63, 3.8) is 0 Å². The van der Waals surface area contributed by atoms with E-state index in [2.05, 4.69) is 5.32 Å². The van der Waals surface area contributed by atoms with Crippen molar-refractivity contribution in [2.45, 2.75) is 17.7 Å². The van der Waals surface area contributed by atoms with E-state index in [1.54, 1.807) is 0 Å². The number of hydrogen-bond donors (Lipinski definition) is 2. The molecule has 0 aliphatic carbocycles. The smallest absolute Gasteiger partial charge is 0.238 e. The van der Waals surface area contributed by atoms with Crippen LogP contribution in [-0.2, 0) is 10.0 Å². The molecule has 0 aromatic heterocycles. The first kappa shape index (κ1) is 16.5. The monoisotopic (exact) mass is 336 g/mol. The number of hydrogen-bond acceptors (Lipinski definition) is 4. The Morgan fingerprint density at radius 1 is 1.38 bits per heavy atom. The number of benzene rings is 1. The van der Waals surface area contributed by atoms with Gasteiger partial charge >= 0.3 is 0 Å². The second kappa shape index (κ2) is 6.48. The van der Waals surface area contributed by atoms with Crippen molar-refractivity contribution in [3.05, 3.63) is 23.2 Å². The van der Waals surface area contributed by atoms with Crippen LogP contribution in [0.15, 0.2) is 23.1 Å². The summed E-state index contributed by atoms with van der Waals surface area (Å²) in [5, 5.41) is 8.35. The number of sulfonamides is 1. The van der Waals surface area contributed by atoms with Crippen LogP contribution in [0.3, 0.4) is 0 Å². The molecule has 0 spiro atoms. The molecule has 1 saturated heterocycles. The van der Waals surface area contributed by atoms with Crippen LogP contribution < -0.4 is 15.2 Å². The molecule has 0 bridgehead atoms. The predicted molar refractivity (Wildman–Crippen MR) is 78.8 cm³/mol. The summed E-state index contributed by atoms with van der Waals surface area (Å²) in [7, 11) is -3.80. The van der Waals surface area contributed by atoms with Crippen LogP contribution in [0.4, 0.5) is 4.39 Å². The molecular formula is C13H18ClFN2O3S. The number of alkyl halides is 1. The second-order valence-corrected chi connectivity index (χ2v) is 7.28. The Morgan fingerprint density at radius 2 is 2.05 bits per heavy atom. The molecule has 0 saturated carbocycles. The number of nitrogens with one attached hydrogen (secondary N) is 1. The largest absolute Gasteiger partial charge is 0.491 e. The lowest BCUT2D eigenvalue weighted by Gasteiger charge is -2.34. The van der Waals surface area contributed by atoms with E-state index < -0.39 is 22.1 Å². The maximum absolute atomic E-state index is 13.3. The van der Waals surface area contributed by atoms with Gasteiger partial charge in [-0.1, -0.05) is 11.6 Å². The van der Waals surface area contributed by atoms with Crippen LogP contribution >= 0.6 is 11.6 Å². The van der Waals surface area contributed by atoms with Gasteiger partial charge in [-0.2, -0.15) is 0 Å². The lowest BCUT2D eigenvalue weighted by atomic mass is 9.81. The van der Waals surface area contributed by atoms with E-state index >= 15 is 0 Å². The zero-order valence-electron chi connectivity index (χ0n) is 11.4. The topological polar surface area (TPSA) is 81.4 Å². The maximum atomic E-state index is 13.3. The Kier molecular flexibility index (Phi) is 5.08. The van der Waals surface area contributed by atoms with Gasteiger partial charge in [-0.05, 0) is 44.1 Å². The van der Waals surface area contributed by atoms with Crippen LogP contribution in [0.25, 0.3) is 0 Å². The molecule has 8 heteroatoms. The molecule has 1 fully saturated rings. The molecule has 3 N–H and O–H groups in total. The van der Waals surface area contributed by atoms with Gasteiger partial charge in [-0.25, -0.2) is 13.6 Å². The van der Waals surface area contributed by atoms with E-state index in [1.807, 2.05) is 0 Å². The van der Waals surface area contributed by atoms with Crippen molar-refractivity contribution >= 4 is 21.6 Å². The van der Waals surface area contributed by atoms with Gasteiger partial charge < -0.3 is 10.1 Å². The molecule has 0 atom stereocenters. The second-order valence-electron chi connectivity index (χ2n) is 5.31. The highest BCUT2D eigenvalue weighted by molar-refractivity contribution is 7.89. The molecule has 1 heterocycles. The highest BCUT2D eigenvalue weighted by Gasteiger charge is 2.33. The molecule has 2 rings (SSSR count). The zero-order valence-corrected chi connectivity index (χ0v) is 13.0. The molecule has 5 nitrogen and oxygen atoms in total. The molecule has 1 aliphatic rings. The van der Waals surface area contributed by atoms with E-state index in [0.717, 1.165) is 13.1 Å². The third-order valence-corrected chi connectivity index (χ3v) is 4.92. The van der Waals surface area contributed by atoms with Crippen LogP contribution in [0.2, 0.25) is 5.02 Å². The van der Waals surface area contributed by atoms with Gasteiger partial charge in [0.05, 0.1) is 23.2 Å². The van der Waals surface area contributed by atoms with Gasteiger partial charge in [-0.3, -0.25) is 4.39 Å². The molecule has 1 aliphatic heterocycles. The van der Waals surface area contributed by atoms with Crippen molar-refractivity contribution in [1.29, 1.82) is 0 Å². The Hall–Kier alpha value is -0.890. The van der Waals surface area contributed by atoms with Gasteiger partial charge in [0, 0.05) is 5.41 Å². The van der Waals surface area contributed by atoms with Crippen molar-refractivity contribution < 1.29 is 17.5 Å². The number of halogens is 2. The Labute approximate surface area is 128 Å². The van der Waals surface area contributed by atoms with Crippen molar-refractivity contribution in [2.75, 3.05) is 26.4 Å². The van der Waals surface area contributed by atoms with E-state index in [-0.39, 0.29) is 16.5 Å². The standard InChI is InChI=1S/C13H18ClFN2O3S/c14-11-7-10(21(16,18)19)1-2-12(11)20-9-13(8-15)3-5-17-6-4-13/h1-2,7,17H,3-6,8-9H2,(H2,16,18,19). The van der Waals surface area contributed by atoms with Crippen LogP contribution in [0.1, 0.15) is 12.8 Å². The lowest BCUT2D eigenvalue weighted by molar-refractivity contribution is 0.0752. The van der Waals surface area contributed by atoms with Crippen LogP contribution in [0, 0.1) is 5.41 Å². The molecule has 118 valence electrons. The fourth-order valence-corrected chi connectivity index (χ4v) is 3.12. The molecule has 1 aromatic rings. The number of piperidine rings is 1. The summed E-state index contributed by atoms with van der Waals surface area (Å²) in [4.78, 5) is -0.0816. The third-order valence-electron chi connectivity index (χ3n) is 3.71. The van der Waals surface area contributed by atoms with E-state index in [9.17, 15) is 12.8 Å². The van der Waals surface area contributed by atoms with Crippen molar-refractivity contribution in [2.24, 2.45) is 10.6 Å². The van der Waals surface area contributed by atoms with Gasteiger partial charge in [0.2, 0.25) is 10.0 Å². The Bertz CT molecular complexity index is 603. The predicted octanol–water partition coefficient (Wildman–Crippen LogP) is 1.71. The van der Waals surface area contributed by atoms with Gasteiger partial charge in [0.25, 0.3) is 0 Å². The molecule has 0 radical (unpaired) electrons. The number of ether oxygens (including phenoxy) is 1. The minimum atomic E-state index is -3.80. The Morgan fingerprint density at radius 3 is 2.57 bits per heavy atom. The minimum absolute atomic E-state index is 0.0816. The average Bonchev–Trinajstić information content (AvgIpc) is 2.46. The van der Waals surface area contributed by atoms with Gasteiger partial charge in [0.15, 0.2) is 0 Å². The summed E-state index contributed by atoms with van der Waals surface area (Å²) in [5.41, 5.74) is -0.507. The summed E-state index contributed by atoms with van der Waals surface area (Å²) in [6.07, 6.45) is 1.38. The first-order valence-electron chi connectivity index (χ1n) is 6.58. The fraction of sp³-hybridized carbons (Fsp3) is 0.538. The summed E-state index contributed by atoms with van der Waals surface area (Å²) in [6, 6.07) is 3.99. The average molecular weight is 337 g/mol. The van der Waals surface area contributed by atoms with Crippen molar-refractivity contribution in [1.82, 2.24) is 5.32 Å². The molecule has 21 heavy (non-hydrogen) atoms. The molecular weight excluding hydrogens is 319 g/mol. The molecule has 1 aromatic carbocycles. The molecule has 0 amide bonds. The normalized spacial score (nSPS) is 18.4. The highest BCUT2D eigenvalue weighted by atomic mass is 35.5. The van der Waals surface area contributed by atoms with Gasteiger partial charge in [0.1, 0.15) is 5.75 Å².